The van der Waals surface area contributed by atoms with Crippen LogP contribution in [0.25, 0.3) is 0 Å². The average Bonchev–Trinajstić information content (AvgIpc) is 3.78. The fourth-order valence-electron chi connectivity index (χ4n) is 6.55. The van der Waals surface area contributed by atoms with Gasteiger partial charge in [0.2, 0.25) is 0 Å². The van der Waals surface area contributed by atoms with Crippen molar-refractivity contribution in [3.63, 3.8) is 0 Å². The van der Waals surface area contributed by atoms with Gasteiger partial charge in [-0.15, -0.1) is 0 Å². The zero-order valence-corrected chi connectivity index (χ0v) is 38.4. The molecule has 1 aromatic heterocycles. The van der Waals surface area contributed by atoms with Crippen LogP contribution in [0.4, 0.5) is 0 Å². The molecule has 0 aliphatic carbocycles. The van der Waals surface area contributed by atoms with Crippen molar-refractivity contribution in [2.24, 2.45) is 5.92 Å². The molecule has 348 valence electrons. The molecule has 0 spiro atoms. The second-order valence-corrected chi connectivity index (χ2v) is 16.1. The normalized spacial score (nSPS) is 12.9. The van der Waals surface area contributed by atoms with Crippen molar-refractivity contribution in [1.29, 1.82) is 0 Å². The third-order valence-corrected chi connectivity index (χ3v) is 10.3. The van der Waals surface area contributed by atoms with E-state index in [0.29, 0.717) is 39.0 Å². The molecular formula is C49H88N2O9. The lowest BCUT2D eigenvalue weighted by atomic mass is 10.1. The van der Waals surface area contributed by atoms with Gasteiger partial charge < -0.3 is 38.1 Å². The Kier molecular flexibility index (Phi) is 39.8. The van der Waals surface area contributed by atoms with Crippen molar-refractivity contribution in [3.8, 4) is 0 Å². The van der Waals surface area contributed by atoms with Crippen LogP contribution in [0.15, 0.2) is 43.0 Å². The van der Waals surface area contributed by atoms with E-state index in [9.17, 15) is 14.7 Å². The molecule has 2 atom stereocenters. The molecule has 0 saturated carbocycles. The molecule has 0 bridgehead atoms. The number of allylic oxidation sites excluding steroid dienone is 4. The topological polar surface area (TPSA) is 128 Å². The van der Waals surface area contributed by atoms with Gasteiger partial charge in [-0.1, -0.05) is 141 Å². The summed E-state index contributed by atoms with van der Waals surface area (Å²) in [7, 11) is 0. The highest BCUT2D eigenvalue weighted by molar-refractivity contribution is 5.69. The molecule has 0 aliphatic heterocycles. The number of carbonyl (C=O) groups is 2. The Balaban J connectivity index is 2.50. The van der Waals surface area contributed by atoms with Gasteiger partial charge in [-0.3, -0.25) is 9.59 Å². The van der Waals surface area contributed by atoms with E-state index in [-0.39, 0.29) is 44.8 Å². The van der Waals surface area contributed by atoms with Gasteiger partial charge in [0, 0.05) is 45.0 Å². The number of rotatable bonds is 45. The molecular weight excluding hydrogens is 761 g/mol. The average molecular weight is 849 g/mol. The van der Waals surface area contributed by atoms with Gasteiger partial charge in [-0.05, 0) is 57.8 Å². The van der Waals surface area contributed by atoms with Crippen LogP contribution in [0.5, 0.6) is 0 Å². The molecule has 0 saturated heterocycles. The molecule has 1 N–H and O–H groups in total. The number of nitrogens with zero attached hydrogens (tertiary/aromatic N) is 2. The second-order valence-electron chi connectivity index (χ2n) is 16.1. The number of aliphatic hydroxyl groups excluding tert-OH is 1. The van der Waals surface area contributed by atoms with Crippen LogP contribution in [-0.2, 0) is 44.6 Å². The van der Waals surface area contributed by atoms with Gasteiger partial charge in [-0.2, -0.15) is 0 Å². The minimum Gasteiger partial charge on any atom is -0.465 e. The lowest BCUT2D eigenvalue weighted by molar-refractivity contribution is -0.269. The molecule has 1 aromatic rings. The number of imidazole rings is 1. The molecule has 1 rings (SSSR count). The predicted octanol–water partition coefficient (Wildman–Crippen LogP) is 12.0. The van der Waals surface area contributed by atoms with Crippen molar-refractivity contribution in [2.75, 3.05) is 39.6 Å². The smallest absolute Gasteiger partial charge is 0.305 e. The van der Waals surface area contributed by atoms with Crippen molar-refractivity contribution in [3.05, 3.63) is 43.0 Å². The van der Waals surface area contributed by atoms with E-state index in [2.05, 4.69) is 50.1 Å². The number of unbranched alkanes of at least 4 members (excludes halogenated alkanes) is 18. The third-order valence-electron chi connectivity index (χ3n) is 10.3. The highest BCUT2D eigenvalue weighted by atomic mass is 16.8. The fraction of sp³-hybridized carbons (Fsp3) is 0.816. The maximum atomic E-state index is 13.0. The Morgan fingerprint density at radius 3 is 1.70 bits per heavy atom. The van der Waals surface area contributed by atoms with Gasteiger partial charge in [0.15, 0.2) is 6.29 Å². The molecule has 0 aliphatic rings. The Hall–Kier alpha value is -2.57. The second kappa shape index (κ2) is 43.1. The lowest BCUT2D eigenvalue weighted by Gasteiger charge is -2.21. The molecule has 11 heteroatoms. The highest BCUT2D eigenvalue weighted by Crippen LogP contribution is 2.14. The van der Waals surface area contributed by atoms with E-state index in [1.807, 2.05) is 10.8 Å². The number of aromatic nitrogens is 2. The largest absolute Gasteiger partial charge is 0.465 e. The van der Waals surface area contributed by atoms with E-state index in [4.69, 9.17) is 28.4 Å². The summed E-state index contributed by atoms with van der Waals surface area (Å²) in [4.78, 5) is 29.6. The monoisotopic (exact) mass is 849 g/mol. The maximum Gasteiger partial charge on any atom is 0.305 e. The molecule has 60 heavy (non-hydrogen) atoms. The first-order valence-electron chi connectivity index (χ1n) is 24.2. The van der Waals surface area contributed by atoms with Gasteiger partial charge in [0.1, 0.15) is 0 Å². The fourth-order valence-corrected chi connectivity index (χ4v) is 6.55. The predicted molar refractivity (Wildman–Crippen MR) is 241 cm³/mol. The van der Waals surface area contributed by atoms with Crippen LogP contribution >= 0.6 is 0 Å². The standard InChI is InChI=1S/C49H88N2O9/c1-4-7-10-13-16-17-18-19-20-21-22-23-24-25-28-32-46(52)58-41-45(43-60-49(54)57-40-31-36-51-37-35-50-44-51)42-59-47(53)33-34-48(55-38-29-26-14-11-8-5-2)56-39-30-27-15-12-9-6-3/h16-17,19-20,35,37,44-45,48-49,54H,4-15,18,21-34,36,38-43H2,1-3H3/b17-16-,20-19-. The number of ether oxygens (including phenoxy) is 6. The summed E-state index contributed by atoms with van der Waals surface area (Å²) in [5, 5.41) is 10.3. The van der Waals surface area contributed by atoms with Crippen LogP contribution in [-0.4, -0.2) is 79.0 Å². The number of carbonyl (C=O) groups excluding carboxylic acids is 2. The van der Waals surface area contributed by atoms with Crippen LogP contribution < -0.4 is 0 Å². The molecule has 0 radical (unpaired) electrons. The number of aryl methyl sites for hydroxylation is 1. The summed E-state index contributed by atoms with van der Waals surface area (Å²) >= 11 is 0. The molecule has 0 fully saturated rings. The highest BCUT2D eigenvalue weighted by Gasteiger charge is 2.19. The zero-order valence-electron chi connectivity index (χ0n) is 38.4. The van der Waals surface area contributed by atoms with Crippen LogP contribution in [0.2, 0.25) is 0 Å². The Morgan fingerprint density at radius 2 is 1.10 bits per heavy atom. The van der Waals surface area contributed by atoms with Crippen LogP contribution in [0, 0.1) is 5.92 Å². The number of esters is 2. The molecule has 0 amide bonds. The first kappa shape index (κ1) is 55.4. The summed E-state index contributed by atoms with van der Waals surface area (Å²) in [5.74, 6) is -1.15. The summed E-state index contributed by atoms with van der Waals surface area (Å²) in [6.45, 7) is 7.38. The molecule has 1 heterocycles. The minimum absolute atomic E-state index is 0.00505. The van der Waals surface area contributed by atoms with Gasteiger partial charge in [0.05, 0.1) is 45.1 Å². The summed E-state index contributed by atoms with van der Waals surface area (Å²) in [6.07, 6.45) is 41.8. The van der Waals surface area contributed by atoms with Crippen molar-refractivity contribution in [2.45, 2.75) is 213 Å². The van der Waals surface area contributed by atoms with Gasteiger partial charge in [0.25, 0.3) is 6.48 Å². The Labute approximate surface area is 365 Å². The lowest BCUT2D eigenvalue weighted by Crippen LogP contribution is -2.29. The van der Waals surface area contributed by atoms with E-state index in [1.165, 1.54) is 77.0 Å². The van der Waals surface area contributed by atoms with E-state index >= 15 is 0 Å². The Bertz CT molecular complexity index is 1110. The SMILES string of the molecule is CCCCC/C=C\C/C=C\CCCCCCCC(=O)OCC(COC(=O)CCC(OCCCCCCCC)OCCCCCCCC)COC(O)OCCCn1ccnc1. The number of hydrogen-bond acceptors (Lipinski definition) is 10. The molecule has 0 aromatic carbocycles. The van der Waals surface area contributed by atoms with Gasteiger partial charge >= 0.3 is 11.9 Å². The van der Waals surface area contributed by atoms with Crippen LogP contribution in [0.3, 0.4) is 0 Å². The Morgan fingerprint density at radius 1 is 0.583 bits per heavy atom. The molecule has 2 unspecified atom stereocenters. The maximum absolute atomic E-state index is 13.0. The van der Waals surface area contributed by atoms with Crippen molar-refractivity contribution < 1.29 is 43.1 Å². The van der Waals surface area contributed by atoms with E-state index in [1.54, 1.807) is 12.5 Å². The summed E-state index contributed by atoms with van der Waals surface area (Å²) in [6, 6.07) is 0. The van der Waals surface area contributed by atoms with Crippen LogP contribution in [0.1, 0.15) is 194 Å². The molecule has 11 nitrogen and oxygen atoms in total. The van der Waals surface area contributed by atoms with E-state index in [0.717, 1.165) is 70.6 Å². The minimum atomic E-state index is -1.46. The van der Waals surface area contributed by atoms with Crippen molar-refractivity contribution >= 4 is 11.9 Å². The first-order valence-corrected chi connectivity index (χ1v) is 24.2. The van der Waals surface area contributed by atoms with Crippen molar-refractivity contribution in [1.82, 2.24) is 9.55 Å². The summed E-state index contributed by atoms with van der Waals surface area (Å²) in [5.41, 5.74) is 0. The number of aliphatic hydroxyl groups is 1. The third kappa shape index (κ3) is 37.2. The summed E-state index contributed by atoms with van der Waals surface area (Å²) < 4.78 is 36.3. The zero-order chi connectivity index (χ0) is 43.4. The quantitative estimate of drug-likeness (QED) is 0.0293. The first-order chi connectivity index (χ1) is 29.5. The van der Waals surface area contributed by atoms with E-state index < -0.39 is 18.7 Å². The van der Waals surface area contributed by atoms with Gasteiger partial charge in [-0.25, -0.2) is 4.98 Å². The number of hydrogen-bond donors (Lipinski definition) is 1.